The fraction of sp³-hybridized carbons (Fsp3) is 0.360. The van der Waals surface area contributed by atoms with Gasteiger partial charge in [-0.2, -0.15) is 0 Å². The lowest BCUT2D eigenvalue weighted by atomic mass is 9.73. The normalized spacial score (nSPS) is 20.5. The average molecular weight is 500 g/mol. The molecule has 1 aliphatic carbocycles. The predicted molar refractivity (Wildman–Crippen MR) is 124 cm³/mol. The molecule has 4 rings (SSSR count). The van der Waals surface area contributed by atoms with Gasteiger partial charge >= 0.3 is 0 Å². The van der Waals surface area contributed by atoms with Crippen LogP contribution in [0.15, 0.2) is 46.1 Å². The molecule has 0 radical (unpaired) electrons. The third kappa shape index (κ3) is 4.01. The summed E-state index contributed by atoms with van der Waals surface area (Å²) in [6.07, 6.45) is 1.20. The van der Waals surface area contributed by atoms with Crippen LogP contribution in [0.1, 0.15) is 47.8 Å². The van der Waals surface area contributed by atoms with Crippen molar-refractivity contribution in [3.63, 3.8) is 0 Å². The van der Waals surface area contributed by atoms with E-state index in [1.165, 1.54) is 0 Å². The standard InChI is InChI=1S/C25H26BrNO5/c1-13-5-6-14(7-18(13)26)17-12-23(29)27-19-8-15(9-20(28)24(17)19)16-10-21(30-2)25(32-4)22(11-16)31-3/h5-7,10-11,15,17H,8-9,12H2,1-4H3,(H,27,29). The van der Waals surface area contributed by atoms with E-state index < -0.39 is 0 Å². The highest BCUT2D eigenvalue weighted by atomic mass is 79.9. The molecule has 2 aromatic rings. The van der Waals surface area contributed by atoms with Crippen LogP contribution in [0.5, 0.6) is 17.2 Å². The number of Topliss-reactive ketones (excluding diaryl/α,β-unsaturated/α-hetero) is 1. The van der Waals surface area contributed by atoms with Crippen LogP contribution in [0, 0.1) is 6.92 Å². The summed E-state index contributed by atoms with van der Waals surface area (Å²) in [7, 11) is 4.70. The number of methoxy groups -OCH3 is 3. The maximum atomic E-state index is 13.4. The van der Waals surface area contributed by atoms with Crippen LogP contribution in [0.2, 0.25) is 0 Å². The lowest BCUT2D eigenvalue weighted by Crippen LogP contribution is -2.38. The highest BCUT2D eigenvalue weighted by Gasteiger charge is 2.38. The van der Waals surface area contributed by atoms with Gasteiger partial charge in [0.25, 0.3) is 0 Å². The summed E-state index contributed by atoms with van der Waals surface area (Å²) in [6.45, 7) is 2.01. The number of benzene rings is 2. The van der Waals surface area contributed by atoms with Crippen LogP contribution < -0.4 is 19.5 Å². The number of allylic oxidation sites excluding steroid dienone is 2. The minimum absolute atomic E-state index is 0.0618. The van der Waals surface area contributed by atoms with Crippen LogP contribution in [-0.2, 0) is 9.59 Å². The summed E-state index contributed by atoms with van der Waals surface area (Å²) in [5, 5.41) is 2.97. The molecule has 2 atom stereocenters. The number of carbonyl (C=O) groups excluding carboxylic acids is 2. The van der Waals surface area contributed by atoms with Crippen molar-refractivity contribution in [3.8, 4) is 17.2 Å². The Balaban J connectivity index is 1.73. The van der Waals surface area contributed by atoms with Gasteiger partial charge in [0.15, 0.2) is 17.3 Å². The fourth-order valence-corrected chi connectivity index (χ4v) is 5.04. The molecule has 1 aliphatic heterocycles. The number of hydrogen-bond acceptors (Lipinski definition) is 5. The number of aryl methyl sites for hydroxylation is 1. The van der Waals surface area contributed by atoms with Crippen LogP contribution in [0.4, 0.5) is 0 Å². The molecule has 1 heterocycles. The Morgan fingerprint density at radius 2 is 1.59 bits per heavy atom. The Kier molecular flexibility index (Phi) is 6.29. The molecule has 1 amide bonds. The molecule has 0 saturated carbocycles. The van der Waals surface area contributed by atoms with Crippen LogP contribution in [0.3, 0.4) is 0 Å². The maximum absolute atomic E-state index is 13.4. The Labute approximate surface area is 196 Å². The van der Waals surface area contributed by atoms with E-state index in [9.17, 15) is 9.59 Å². The Bertz CT molecular complexity index is 1100. The van der Waals surface area contributed by atoms with E-state index in [1.54, 1.807) is 21.3 Å². The van der Waals surface area contributed by atoms with Crippen LogP contribution in [-0.4, -0.2) is 33.0 Å². The molecule has 168 valence electrons. The maximum Gasteiger partial charge on any atom is 0.225 e. The predicted octanol–water partition coefficient (Wildman–Crippen LogP) is 4.79. The summed E-state index contributed by atoms with van der Waals surface area (Å²) in [5.74, 6) is 1.27. The van der Waals surface area contributed by atoms with Crippen LogP contribution >= 0.6 is 15.9 Å². The zero-order valence-electron chi connectivity index (χ0n) is 18.6. The molecule has 0 spiro atoms. The van der Waals surface area contributed by atoms with Gasteiger partial charge in [0.2, 0.25) is 11.7 Å². The third-order valence-corrected chi connectivity index (χ3v) is 7.15. The van der Waals surface area contributed by atoms with E-state index in [1.807, 2.05) is 37.3 Å². The van der Waals surface area contributed by atoms with E-state index in [0.29, 0.717) is 30.1 Å². The molecule has 0 bridgehead atoms. The molecule has 2 aromatic carbocycles. The second-order valence-electron chi connectivity index (χ2n) is 8.19. The first-order chi connectivity index (χ1) is 15.4. The van der Waals surface area contributed by atoms with Gasteiger partial charge in [0, 0.05) is 34.5 Å². The Hall–Kier alpha value is -2.80. The van der Waals surface area contributed by atoms with E-state index in [-0.39, 0.29) is 29.9 Å². The smallest absolute Gasteiger partial charge is 0.225 e. The van der Waals surface area contributed by atoms with Crippen molar-refractivity contribution in [2.24, 2.45) is 0 Å². The zero-order valence-corrected chi connectivity index (χ0v) is 20.2. The monoisotopic (exact) mass is 499 g/mol. The van der Waals surface area contributed by atoms with Gasteiger partial charge in [0.1, 0.15) is 0 Å². The Morgan fingerprint density at radius 1 is 0.906 bits per heavy atom. The Morgan fingerprint density at radius 3 is 2.19 bits per heavy atom. The molecule has 2 aliphatic rings. The number of nitrogens with one attached hydrogen (secondary N) is 1. The van der Waals surface area contributed by atoms with Gasteiger partial charge in [-0.1, -0.05) is 28.1 Å². The lowest BCUT2D eigenvalue weighted by molar-refractivity contribution is -0.122. The molecular weight excluding hydrogens is 474 g/mol. The number of ether oxygens (including phenoxy) is 3. The van der Waals surface area contributed by atoms with Gasteiger partial charge in [0.05, 0.1) is 21.3 Å². The number of hydrogen-bond donors (Lipinski definition) is 1. The van der Waals surface area contributed by atoms with Crippen molar-refractivity contribution < 1.29 is 23.8 Å². The minimum atomic E-state index is -0.232. The van der Waals surface area contributed by atoms with Gasteiger partial charge in [-0.15, -0.1) is 0 Å². The summed E-state index contributed by atoms with van der Waals surface area (Å²) in [6, 6.07) is 9.79. The SMILES string of the molecule is COc1cc(C2CC(=O)C3=C(C2)NC(=O)CC3c2ccc(C)c(Br)c2)cc(OC)c1OC. The van der Waals surface area contributed by atoms with E-state index in [0.717, 1.165) is 32.4 Å². The summed E-state index contributed by atoms with van der Waals surface area (Å²) in [5.41, 5.74) is 4.45. The van der Waals surface area contributed by atoms with Crippen molar-refractivity contribution >= 4 is 27.6 Å². The molecule has 1 N–H and O–H groups in total. The first-order valence-corrected chi connectivity index (χ1v) is 11.3. The highest BCUT2D eigenvalue weighted by molar-refractivity contribution is 9.10. The van der Waals surface area contributed by atoms with Crippen molar-refractivity contribution in [2.75, 3.05) is 21.3 Å². The number of rotatable bonds is 5. The summed E-state index contributed by atoms with van der Waals surface area (Å²) < 4.78 is 17.4. The molecule has 32 heavy (non-hydrogen) atoms. The molecule has 0 aromatic heterocycles. The summed E-state index contributed by atoms with van der Waals surface area (Å²) >= 11 is 3.57. The molecule has 7 heteroatoms. The van der Waals surface area contributed by atoms with E-state index in [2.05, 4.69) is 21.2 Å². The molecule has 2 unspecified atom stereocenters. The summed E-state index contributed by atoms with van der Waals surface area (Å²) in [4.78, 5) is 25.9. The minimum Gasteiger partial charge on any atom is -0.493 e. The zero-order chi connectivity index (χ0) is 23.0. The van der Waals surface area contributed by atoms with Crippen molar-refractivity contribution in [1.29, 1.82) is 0 Å². The highest BCUT2D eigenvalue weighted by Crippen LogP contribution is 2.46. The first-order valence-electron chi connectivity index (χ1n) is 10.5. The average Bonchev–Trinajstić information content (AvgIpc) is 2.78. The lowest BCUT2D eigenvalue weighted by Gasteiger charge is -2.34. The molecule has 0 fully saturated rings. The number of ketones is 1. The molecule has 6 nitrogen and oxygen atoms in total. The largest absolute Gasteiger partial charge is 0.493 e. The van der Waals surface area contributed by atoms with E-state index >= 15 is 0 Å². The first kappa shape index (κ1) is 22.4. The quantitative estimate of drug-likeness (QED) is 0.640. The molecule has 0 saturated heterocycles. The van der Waals surface area contributed by atoms with Crippen molar-refractivity contribution in [1.82, 2.24) is 5.32 Å². The number of amides is 1. The second-order valence-corrected chi connectivity index (χ2v) is 9.05. The van der Waals surface area contributed by atoms with Gasteiger partial charge in [-0.3, -0.25) is 9.59 Å². The van der Waals surface area contributed by atoms with Gasteiger partial charge in [-0.25, -0.2) is 0 Å². The van der Waals surface area contributed by atoms with Gasteiger partial charge < -0.3 is 19.5 Å². The van der Waals surface area contributed by atoms with E-state index in [4.69, 9.17) is 14.2 Å². The van der Waals surface area contributed by atoms with Gasteiger partial charge in [-0.05, 0) is 54.2 Å². The molecular formula is C25H26BrNO5. The topological polar surface area (TPSA) is 73.9 Å². The third-order valence-electron chi connectivity index (χ3n) is 6.29. The van der Waals surface area contributed by atoms with Crippen molar-refractivity contribution in [3.05, 3.63) is 62.8 Å². The van der Waals surface area contributed by atoms with Crippen molar-refractivity contribution in [2.45, 2.75) is 38.0 Å². The second kappa shape index (κ2) is 8.98. The number of carbonyl (C=O) groups is 2. The fourth-order valence-electron chi connectivity index (χ4n) is 4.64. The van der Waals surface area contributed by atoms with Crippen LogP contribution in [0.25, 0.3) is 0 Å². The number of halogens is 1.